The SMILES string of the molecule is CC1=CC([Si](c2cc(C)cc(C)c2)(c2cc(C)cc(C)c2)c2cc(C)cc(C)c2)C(C)=C1. The number of rotatable bonds is 4. The standard InChI is InChI=1S/C31H36Si/c1-20-9-21(2)14-28(13-20)32(31-19-26(7)12-27(31)8,29-15-22(3)10-23(4)16-29)30-17-24(5)11-25(6)18-30/h9-19,31H,1-8H3. The Balaban J connectivity index is 2.22. The smallest absolute Gasteiger partial charge is 0.0761 e. The topological polar surface area (TPSA) is 0 Å². The first kappa shape index (κ1) is 22.5. The molecule has 1 unspecified atom stereocenters. The Morgan fingerprint density at radius 3 is 1.03 bits per heavy atom. The maximum absolute atomic E-state index is 2.55. The molecular weight excluding hydrogens is 400 g/mol. The predicted octanol–water partition coefficient (Wildman–Crippen LogP) is 6.28. The maximum atomic E-state index is 2.55. The van der Waals surface area contributed by atoms with E-state index in [-0.39, 0.29) is 0 Å². The summed E-state index contributed by atoms with van der Waals surface area (Å²) in [5.41, 5.74) is 11.4. The summed E-state index contributed by atoms with van der Waals surface area (Å²) in [6, 6.07) is 21.8. The van der Waals surface area contributed by atoms with E-state index in [9.17, 15) is 0 Å². The highest BCUT2D eigenvalue weighted by atomic mass is 28.3. The van der Waals surface area contributed by atoms with Crippen molar-refractivity contribution >= 4 is 23.6 Å². The summed E-state index contributed by atoms with van der Waals surface area (Å²) in [6.07, 6.45) is 4.95. The van der Waals surface area contributed by atoms with Crippen LogP contribution in [-0.2, 0) is 0 Å². The molecule has 1 aliphatic carbocycles. The van der Waals surface area contributed by atoms with Crippen molar-refractivity contribution in [3.05, 3.63) is 111 Å². The third kappa shape index (κ3) is 3.95. The second kappa shape index (κ2) is 8.37. The van der Waals surface area contributed by atoms with Crippen LogP contribution in [0.4, 0.5) is 0 Å². The summed E-state index contributed by atoms with van der Waals surface area (Å²) >= 11 is 0. The molecule has 0 spiro atoms. The zero-order chi connectivity index (χ0) is 23.2. The van der Waals surface area contributed by atoms with Crippen molar-refractivity contribution in [3.63, 3.8) is 0 Å². The molecule has 3 aromatic carbocycles. The Labute approximate surface area is 195 Å². The van der Waals surface area contributed by atoms with Crippen LogP contribution in [0.1, 0.15) is 47.2 Å². The second-order valence-corrected chi connectivity index (χ2v) is 14.2. The van der Waals surface area contributed by atoms with E-state index in [1.54, 1.807) is 0 Å². The van der Waals surface area contributed by atoms with Crippen molar-refractivity contribution < 1.29 is 0 Å². The van der Waals surface area contributed by atoms with Crippen LogP contribution in [0, 0.1) is 41.5 Å². The number of benzene rings is 3. The molecular formula is C31H36Si. The largest absolute Gasteiger partial charge is 0.159 e. The first-order valence-electron chi connectivity index (χ1n) is 11.7. The monoisotopic (exact) mass is 436 g/mol. The van der Waals surface area contributed by atoms with Crippen molar-refractivity contribution in [2.45, 2.75) is 60.9 Å². The summed E-state index contributed by atoms with van der Waals surface area (Å²) in [4.78, 5) is 0. The lowest BCUT2D eigenvalue weighted by molar-refractivity contribution is 1.19. The van der Waals surface area contributed by atoms with E-state index in [0.29, 0.717) is 5.54 Å². The van der Waals surface area contributed by atoms with Crippen LogP contribution >= 0.6 is 0 Å². The zero-order valence-electron chi connectivity index (χ0n) is 20.9. The molecule has 0 aromatic heterocycles. The highest BCUT2D eigenvalue weighted by molar-refractivity contribution is 7.13. The highest BCUT2D eigenvalue weighted by Gasteiger charge is 2.47. The number of aryl methyl sites for hydroxylation is 6. The molecule has 0 heterocycles. The predicted molar refractivity (Wildman–Crippen MR) is 144 cm³/mol. The van der Waals surface area contributed by atoms with E-state index in [4.69, 9.17) is 0 Å². The summed E-state index contributed by atoms with van der Waals surface area (Å²) in [7, 11) is -2.43. The third-order valence-corrected chi connectivity index (χ3v) is 12.0. The fraction of sp³-hybridized carbons (Fsp3) is 0.290. The van der Waals surface area contributed by atoms with Crippen LogP contribution in [0.3, 0.4) is 0 Å². The highest BCUT2D eigenvalue weighted by Crippen LogP contribution is 2.38. The van der Waals surface area contributed by atoms with Gasteiger partial charge in [0.05, 0.1) is 0 Å². The lowest BCUT2D eigenvalue weighted by atomic mass is 10.1. The summed E-state index contributed by atoms with van der Waals surface area (Å²) in [5.74, 6) is 0. The molecule has 0 N–H and O–H groups in total. The molecule has 4 rings (SSSR count). The van der Waals surface area contributed by atoms with Crippen molar-refractivity contribution in [1.82, 2.24) is 0 Å². The van der Waals surface area contributed by atoms with Crippen molar-refractivity contribution in [3.8, 4) is 0 Å². The summed E-state index contributed by atoms with van der Waals surface area (Å²) in [5, 5.41) is 4.57. The third-order valence-electron chi connectivity index (χ3n) is 6.87. The van der Waals surface area contributed by atoms with Crippen LogP contribution in [-0.4, -0.2) is 8.07 Å². The molecule has 0 fully saturated rings. The molecule has 1 atom stereocenters. The van der Waals surface area contributed by atoms with Gasteiger partial charge >= 0.3 is 0 Å². The molecule has 0 bridgehead atoms. The van der Waals surface area contributed by atoms with Gasteiger partial charge in [0.25, 0.3) is 0 Å². The van der Waals surface area contributed by atoms with Crippen LogP contribution in [0.5, 0.6) is 0 Å². The lowest BCUT2D eigenvalue weighted by Crippen LogP contribution is -2.70. The Morgan fingerprint density at radius 1 is 0.469 bits per heavy atom. The Hall–Kier alpha value is -2.64. The number of allylic oxidation sites excluding steroid dienone is 4. The zero-order valence-corrected chi connectivity index (χ0v) is 21.9. The maximum Gasteiger partial charge on any atom is 0.159 e. The second-order valence-electron chi connectivity index (χ2n) is 10.2. The number of hydrogen-bond acceptors (Lipinski definition) is 0. The molecule has 0 aliphatic heterocycles. The average molecular weight is 437 g/mol. The Kier molecular flexibility index (Phi) is 5.90. The van der Waals surface area contributed by atoms with E-state index < -0.39 is 8.07 Å². The minimum atomic E-state index is -2.43. The van der Waals surface area contributed by atoms with Gasteiger partial charge in [-0.3, -0.25) is 0 Å². The van der Waals surface area contributed by atoms with Crippen LogP contribution in [0.25, 0.3) is 0 Å². The molecule has 0 nitrogen and oxygen atoms in total. The summed E-state index contributed by atoms with van der Waals surface area (Å²) in [6.45, 7) is 18.1. The molecule has 1 heteroatoms. The fourth-order valence-electron chi connectivity index (χ4n) is 6.00. The molecule has 0 amide bonds. The molecule has 0 saturated carbocycles. The average Bonchev–Trinajstić information content (AvgIpc) is 2.98. The molecule has 164 valence electrons. The van der Waals surface area contributed by atoms with Gasteiger partial charge in [-0.2, -0.15) is 0 Å². The minimum absolute atomic E-state index is 0.408. The van der Waals surface area contributed by atoms with Gasteiger partial charge in [0, 0.05) is 5.54 Å². The first-order chi connectivity index (χ1) is 15.1. The van der Waals surface area contributed by atoms with Crippen LogP contribution < -0.4 is 15.6 Å². The van der Waals surface area contributed by atoms with E-state index in [1.807, 2.05) is 0 Å². The van der Waals surface area contributed by atoms with Gasteiger partial charge < -0.3 is 0 Å². The molecule has 1 aliphatic rings. The fourth-order valence-corrected chi connectivity index (χ4v) is 12.1. The van der Waals surface area contributed by atoms with E-state index >= 15 is 0 Å². The molecule has 0 radical (unpaired) electrons. The van der Waals surface area contributed by atoms with Crippen LogP contribution in [0.2, 0.25) is 5.54 Å². The summed E-state index contributed by atoms with van der Waals surface area (Å²) < 4.78 is 0. The van der Waals surface area contributed by atoms with Gasteiger partial charge in [0.15, 0.2) is 8.07 Å². The van der Waals surface area contributed by atoms with Crippen molar-refractivity contribution in [2.24, 2.45) is 0 Å². The van der Waals surface area contributed by atoms with Crippen molar-refractivity contribution in [2.75, 3.05) is 0 Å². The van der Waals surface area contributed by atoms with Crippen LogP contribution in [0.15, 0.2) is 77.9 Å². The van der Waals surface area contributed by atoms with Gasteiger partial charge in [-0.1, -0.05) is 111 Å². The van der Waals surface area contributed by atoms with Gasteiger partial charge in [-0.25, -0.2) is 0 Å². The van der Waals surface area contributed by atoms with Crippen molar-refractivity contribution in [1.29, 1.82) is 0 Å². The van der Waals surface area contributed by atoms with Gasteiger partial charge in [-0.05, 0) is 71.0 Å². The van der Waals surface area contributed by atoms with E-state index in [2.05, 4.69) is 122 Å². The first-order valence-corrected chi connectivity index (χ1v) is 13.8. The van der Waals surface area contributed by atoms with E-state index in [1.165, 1.54) is 60.1 Å². The Bertz CT molecular complexity index is 1070. The normalized spacial score (nSPS) is 16.2. The molecule has 3 aromatic rings. The minimum Gasteiger partial charge on any atom is -0.0761 e. The van der Waals surface area contributed by atoms with Gasteiger partial charge in [0.2, 0.25) is 0 Å². The van der Waals surface area contributed by atoms with E-state index in [0.717, 1.165) is 0 Å². The van der Waals surface area contributed by atoms with Gasteiger partial charge in [-0.15, -0.1) is 0 Å². The quantitative estimate of drug-likeness (QED) is 0.333. The number of hydrogen-bond donors (Lipinski definition) is 0. The lowest BCUT2D eigenvalue weighted by Gasteiger charge is -2.40. The Morgan fingerprint density at radius 2 is 0.781 bits per heavy atom. The van der Waals surface area contributed by atoms with Gasteiger partial charge in [0.1, 0.15) is 0 Å². The molecule has 0 saturated heterocycles. The molecule has 32 heavy (non-hydrogen) atoms.